The number of hydrogen-bond donors (Lipinski definition) is 1. The number of nitrogens with zero attached hydrogens (tertiary/aromatic N) is 2. The number of aromatic nitrogens is 2. The Morgan fingerprint density at radius 2 is 2.00 bits per heavy atom. The summed E-state index contributed by atoms with van der Waals surface area (Å²) in [5.74, 6) is -0.698. The fraction of sp³-hybridized carbons (Fsp3) is 0.800. The summed E-state index contributed by atoms with van der Waals surface area (Å²) >= 11 is 0. The fourth-order valence-electron chi connectivity index (χ4n) is 3.84. The van der Waals surface area contributed by atoms with E-state index in [9.17, 15) is 13.2 Å². The van der Waals surface area contributed by atoms with Gasteiger partial charge in [0, 0.05) is 31.7 Å². The summed E-state index contributed by atoms with van der Waals surface area (Å²) in [4.78, 5) is 3.90. The van der Waals surface area contributed by atoms with E-state index in [-0.39, 0.29) is 5.41 Å². The molecule has 0 unspecified atom stereocenters. The van der Waals surface area contributed by atoms with Crippen molar-refractivity contribution in [3.8, 4) is 0 Å². The Morgan fingerprint density at radius 3 is 2.62 bits per heavy atom. The summed E-state index contributed by atoms with van der Waals surface area (Å²) in [6.07, 6.45) is 1.54. The molecular weight excluding hydrogens is 279 g/mol. The molecule has 3 rings (SSSR count). The van der Waals surface area contributed by atoms with E-state index < -0.39 is 12.0 Å². The molecule has 6 heteroatoms. The van der Waals surface area contributed by atoms with Gasteiger partial charge < -0.3 is 9.88 Å². The third-order valence-electron chi connectivity index (χ3n) is 5.15. The van der Waals surface area contributed by atoms with Gasteiger partial charge in [-0.25, -0.2) is 4.98 Å². The molecule has 0 saturated heterocycles. The molecule has 1 aliphatic carbocycles. The fourth-order valence-corrected chi connectivity index (χ4v) is 3.84. The van der Waals surface area contributed by atoms with Crippen LogP contribution in [0.2, 0.25) is 0 Å². The zero-order valence-corrected chi connectivity index (χ0v) is 12.4. The highest BCUT2D eigenvalue weighted by molar-refractivity contribution is 5.22. The number of alkyl halides is 3. The van der Waals surface area contributed by atoms with Crippen molar-refractivity contribution in [1.82, 2.24) is 14.9 Å². The van der Waals surface area contributed by atoms with Gasteiger partial charge in [-0.2, -0.15) is 13.2 Å². The van der Waals surface area contributed by atoms with E-state index in [0.29, 0.717) is 25.2 Å². The summed E-state index contributed by atoms with van der Waals surface area (Å²) in [5, 5.41) is 3.11. The van der Waals surface area contributed by atoms with Crippen molar-refractivity contribution in [1.29, 1.82) is 0 Å². The van der Waals surface area contributed by atoms with Gasteiger partial charge >= 0.3 is 6.18 Å². The molecule has 21 heavy (non-hydrogen) atoms. The molecule has 0 atom stereocenters. The van der Waals surface area contributed by atoms with Gasteiger partial charge in [0.15, 0.2) is 0 Å². The molecule has 1 aromatic rings. The Kier molecular flexibility index (Phi) is 3.76. The molecule has 1 fully saturated rings. The molecular formula is C15H22F3N3. The Labute approximate surface area is 122 Å². The SMILES string of the molecule is CCC1(Cn2c(C(F)(F)F)nc3c2CCNC3)CCCC1. The number of rotatable bonds is 3. The van der Waals surface area contributed by atoms with Crippen molar-refractivity contribution in [2.75, 3.05) is 6.54 Å². The van der Waals surface area contributed by atoms with Gasteiger partial charge in [0.05, 0.1) is 5.69 Å². The highest BCUT2D eigenvalue weighted by Crippen LogP contribution is 2.44. The van der Waals surface area contributed by atoms with E-state index in [1.165, 1.54) is 4.57 Å². The van der Waals surface area contributed by atoms with Gasteiger partial charge in [-0.15, -0.1) is 0 Å². The minimum absolute atomic E-state index is 0.0271. The third-order valence-corrected chi connectivity index (χ3v) is 5.15. The van der Waals surface area contributed by atoms with Crippen molar-refractivity contribution in [2.45, 2.75) is 64.7 Å². The van der Waals surface area contributed by atoms with E-state index in [2.05, 4.69) is 17.2 Å². The molecule has 2 aliphatic rings. The van der Waals surface area contributed by atoms with E-state index in [4.69, 9.17) is 0 Å². The van der Waals surface area contributed by atoms with E-state index >= 15 is 0 Å². The maximum Gasteiger partial charge on any atom is 0.449 e. The maximum atomic E-state index is 13.3. The lowest BCUT2D eigenvalue weighted by atomic mass is 9.83. The van der Waals surface area contributed by atoms with E-state index in [1.54, 1.807) is 0 Å². The molecule has 1 aromatic heterocycles. The number of nitrogens with one attached hydrogen (secondary N) is 1. The van der Waals surface area contributed by atoms with Crippen molar-refractivity contribution in [2.24, 2.45) is 5.41 Å². The Balaban J connectivity index is 2.01. The van der Waals surface area contributed by atoms with Crippen LogP contribution in [0.1, 0.15) is 56.2 Å². The molecule has 0 aromatic carbocycles. The molecule has 1 saturated carbocycles. The van der Waals surface area contributed by atoms with Crippen LogP contribution in [-0.2, 0) is 25.7 Å². The van der Waals surface area contributed by atoms with Gasteiger partial charge in [-0.05, 0) is 24.7 Å². The van der Waals surface area contributed by atoms with Crippen molar-refractivity contribution in [3.63, 3.8) is 0 Å². The van der Waals surface area contributed by atoms with Gasteiger partial charge in [0.2, 0.25) is 5.82 Å². The Bertz CT molecular complexity index is 513. The van der Waals surface area contributed by atoms with Crippen molar-refractivity contribution < 1.29 is 13.2 Å². The maximum absolute atomic E-state index is 13.3. The van der Waals surface area contributed by atoms with Crippen LogP contribution >= 0.6 is 0 Å². The first kappa shape index (κ1) is 14.9. The quantitative estimate of drug-likeness (QED) is 0.926. The lowest BCUT2D eigenvalue weighted by molar-refractivity contribution is -0.148. The summed E-state index contributed by atoms with van der Waals surface area (Å²) in [7, 11) is 0. The first-order valence-electron chi connectivity index (χ1n) is 7.81. The molecule has 118 valence electrons. The van der Waals surface area contributed by atoms with Crippen LogP contribution in [-0.4, -0.2) is 16.1 Å². The lowest BCUT2D eigenvalue weighted by Crippen LogP contribution is -2.30. The van der Waals surface area contributed by atoms with Gasteiger partial charge in [-0.1, -0.05) is 19.8 Å². The highest BCUT2D eigenvalue weighted by Gasteiger charge is 2.42. The Morgan fingerprint density at radius 1 is 1.29 bits per heavy atom. The topological polar surface area (TPSA) is 29.9 Å². The predicted octanol–water partition coefficient (Wildman–Crippen LogP) is 3.52. The zero-order valence-electron chi connectivity index (χ0n) is 12.4. The van der Waals surface area contributed by atoms with Crippen molar-refractivity contribution in [3.05, 3.63) is 17.2 Å². The van der Waals surface area contributed by atoms with Crippen molar-refractivity contribution >= 4 is 0 Å². The minimum atomic E-state index is -4.37. The smallest absolute Gasteiger partial charge is 0.324 e. The first-order valence-corrected chi connectivity index (χ1v) is 7.81. The van der Waals surface area contributed by atoms with Crippen LogP contribution in [0, 0.1) is 5.41 Å². The van der Waals surface area contributed by atoms with Crippen LogP contribution in [0.5, 0.6) is 0 Å². The monoisotopic (exact) mass is 301 g/mol. The van der Waals surface area contributed by atoms with Crippen LogP contribution in [0.3, 0.4) is 0 Å². The average molecular weight is 301 g/mol. The van der Waals surface area contributed by atoms with Crippen LogP contribution < -0.4 is 5.32 Å². The van der Waals surface area contributed by atoms with Gasteiger partial charge in [-0.3, -0.25) is 0 Å². The summed E-state index contributed by atoms with van der Waals surface area (Å²) in [5.41, 5.74) is 1.40. The molecule has 1 N–H and O–H groups in total. The van der Waals surface area contributed by atoms with Gasteiger partial charge in [0.1, 0.15) is 0 Å². The highest BCUT2D eigenvalue weighted by atomic mass is 19.4. The van der Waals surface area contributed by atoms with E-state index in [1.807, 2.05) is 0 Å². The number of halogens is 3. The number of hydrogen-bond acceptors (Lipinski definition) is 2. The Hall–Kier alpha value is -1.04. The standard InChI is InChI=1S/C15H22F3N3/c1-2-14(6-3-4-7-14)10-21-12-5-8-19-9-11(12)20-13(21)15(16,17)18/h19H,2-10H2,1H3. The zero-order chi connectivity index (χ0) is 15.1. The second kappa shape index (κ2) is 5.30. The van der Waals surface area contributed by atoms with Crippen LogP contribution in [0.25, 0.3) is 0 Å². The molecule has 0 radical (unpaired) electrons. The molecule has 0 bridgehead atoms. The second-order valence-electron chi connectivity index (χ2n) is 6.40. The largest absolute Gasteiger partial charge is 0.449 e. The van der Waals surface area contributed by atoms with Crippen LogP contribution in [0.15, 0.2) is 0 Å². The number of fused-ring (bicyclic) bond motifs is 1. The summed E-state index contributed by atoms with van der Waals surface area (Å²) in [6.45, 7) is 3.75. The molecule has 3 nitrogen and oxygen atoms in total. The first-order chi connectivity index (χ1) is 9.95. The molecule has 0 amide bonds. The minimum Gasteiger partial charge on any atom is -0.324 e. The van der Waals surface area contributed by atoms with Crippen LogP contribution in [0.4, 0.5) is 13.2 Å². The van der Waals surface area contributed by atoms with E-state index in [0.717, 1.165) is 44.3 Å². The van der Waals surface area contributed by atoms with Gasteiger partial charge in [0.25, 0.3) is 0 Å². The second-order valence-corrected chi connectivity index (χ2v) is 6.40. The predicted molar refractivity (Wildman–Crippen MR) is 73.8 cm³/mol. The molecule has 2 heterocycles. The normalized spacial score (nSPS) is 21.5. The number of imidazole rings is 1. The average Bonchev–Trinajstić information content (AvgIpc) is 3.05. The third kappa shape index (κ3) is 2.70. The lowest BCUT2D eigenvalue weighted by Gasteiger charge is -2.30. The molecule has 0 spiro atoms. The summed E-state index contributed by atoms with van der Waals surface area (Å²) < 4.78 is 41.5. The molecule has 1 aliphatic heterocycles. The summed E-state index contributed by atoms with van der Waals surface area (Å²) in [6, 6.07) is 0.